The van der Waals surface area contributed by atoms with Crippen molar-refractivity contribution in [1.29, 1.82) is 0 Å². The van der Waals surface area contributed by atoms with Crippen LogP contribution in [0.1, 0.15) is 63.1 Å². The summed E-state index contributed by atoms with van der Waals surface area (Å²) in [4.78, 5) is 7.47. The van der Waals surface area contributed by atoms with Gasteiger partial charge in [0.2, 0.25) is 0 Å². The Morgan fingerprint density at radius 2 is 2.00 bits per heavy atom. The Morgan fingerprint density at radius 3 is 2.57 bits per heavy atom. The minimum Gasteiger partial charge on any atom is -0.308 e. The van der Waals surface area contributed by atoms with Crippen LogP contribution < -0.4 is 5.32 Å². The van der Waals surface area contributed by atoms with E-state index in [-0.39, 0.29) is 0 Å². The van der Waals surface area contributed by atoms with E-state index in [1.807, 2.05) is 11.3 Å². The van der Waals surface area contributed by atoms with Crippen molar-refractivity contribution in [1.82, 2.24) is 15.2 Å². The molecule has 1 spiro atoms. The van der Waals surface area contributed by atoms with Gasteiger partial charge in [-0.2, -0.15) is 0 Å². The molecule has 1 aromatic heterocycles. The number of piperazine rings is 1. The van der Waals surface area contributed by atoms with Crippen molar-refractivity contribution >= 4 is 11.3 Å². The van der Waals surface area contributed by atoms with Crippen LogP contribution in [0.25, 0.3) is 0 Å². The molecule has 118 valence electrons. The quantitative estimate of drug-likeness (QED) is 0.918. The average molecular weight is 308 g/mol. The van der Waals surface area contributed by atoms with E-state index >= 15 is 0 Å². The Morgan fingerprint density at radius 1 is 1.29 bits per heavy atom. The van der Waals surface area contributed by atoms with Crippen molar-refractivity contribution in [2.75, 3.05) is 13.1 Å². The zero-order chi connectivity index (χ0) is 14.9. The molecule has 0 atom stereocenters. The number of hydrogen-bond acceptors (Lipinski definition) is 4. The summed E-state index contributed by atoms with van der Waals surface area (Å²) in [5, 5.41) is 7.42. The predicted molar refractivity (Wildman–Crippen MR) is 89.8 cm³/mol. The zero-order valence-corrected chi connectivity index (χ0v) is 14.6. The van der Waals surface area contributed by atoms with Crippen LogP contribution >= 0.6 is 11.3 Å². The first kappa shape index (κ1) is 15.4. The van der Waals surface area contributed by atoms with Gasteiger partial charge >= 0.3 is 0 Å². The van der Waals surface area contributed by atoms with Crippen LogP contribution in [0.5, 0.6) is 0 Å². The lowest BCUT2D eigenvalue weighted by molar-refractivity contribution is -0.00655. The third kappa shape index (κ3) is 2.90. The smallest absolute Gasteiger partial charge is 0.107 e. The van der Waals surface area contributed by atoms with Gasteiger partial charge in [-0.3, -0.25) is 4.90 Å². The summed E-state index contributed by atoms with van der Waals surface area (Å²) >= 11 is 1.82. The molecule has 2 heterocycles. The highest BCUT2D eigenvalue weighted by Gasteiger charge is 2.46. The van der Waals surface area contributed by atoms with E-state index in [4.69, 9.17) is 4.98 Å². The number of thiazole rings is 1. The highest BCUT2D eigenvalue weighted by atomic mass is 32.1. The lowest BCUT2D eigenvalue weighted by Crippen LogP contribution is -2.68. The maximum Gasteiger partial charge on any atom is 0.107 e. The Balaban J connectivity index is 1.82. The largest absolute Gasteiger partial charge is 0.308 e. The molecule has 3 nitrogen and oxygen atoms in total. The summed E-state index contributed by atoms with van der Waals surface area (Å²) in [6.45, 7) is 10.2. The fourth-order valence-electron chi connectivity index (χ4n) is 4.25. The van der Waals surface area contributed by atoms with E-state index < -0.39 is 0 Å². The SMILES string of the molecule is CCC1(CC)CNC2(CCCC2)CN1Cc1nc(C)cs1. The first-order chi connectivity index (χ1) is 10.1. The topological polar surface area (TPSA) is 28.2 Å². The first-order valence-corrected chi connectivity index (χ1v) is 9.40. The minimum absolute atomic E-state index is 0.313. The fraction of sp³-hybridized carbons (Fsp3) is 0.824. The van der Waals surface area contributed by atoms with Gasteiger partial charge in [0.15, 0.2) is 0 Å². The predicted octanol–water partition coefficient (Wildman–Crippen LogP) is 3.73. The number of aryl methyl sites for hydroxylation is 1. The van der Waals surface area contributed by atoms with Crippen LogP contribution in [0.2, 0.25) is 0 Å². The average Bonchev–Trinajstić information content (AvgIpc) is 3.10. The molecule has 0 radical (unpaired) electrons. The van der Waals surface area contributed by atoms with Gasteiger partial charge in [-0.15, -0.1) is 11.3 Å². The monoisotopic (exact) mass is 307 g/mol. The molecule has 0 bridgehead atoms. The molecule has 1 aromatic rings. The van der Waals surface area contributed by atoms with Gasteiger partial charge in [-0.05, 0) is 32.6 Å². The van der Waals surface area contributed by atoms with Crippen LogP contribution in [0, 0.1) is 6.92 Å². The Hall–Kier alpha value is -0.450. The molecule has 1 aliphatic carbocycles. The van der Waals surface area contributed by atoms with Crippen LogP contribution in [0.3, 0.4) is 0 Å². The van der Waals surface area contributed by atoms with E-state index in [1.54, 1.807) is 0 Å². The molecule has 4 heteroatoms. The molecule has 21 heavy (non-hydrogen) atoms. The molecule has 0 aromatic carbocycles. The van der Waals surface area contributed by atoms with Crippen molar-refractivity contribution in [3.8, 4) is 0 Å². The highest BCUT2D eigenvalue weighted by molar-refractivity contribution is 7.09. The summed E-state index contributed by atoms with van der Waals surface area (Å²) in [6.07, 6.45) is 7.92. The summed E-state index contributed by atoms with van der Waals surface area (Å²) in [5.74, 6) is 0. The summed E-state index contributed by atoms with van der Waals surface area (Å²) in [6, 6.07) is 0. The standard InChI is InChI=1S/C17H29N3S/c1-4-17(5-2)12-18-16(8-6-7-9-16)13-20(17)10-15-19-14(3)11-21-15/h11,18H,4-10,12-13H2,1-3H3. The molecule has 1 saturated carbocycles. The first-order valence-electron chi connectivity index (χ1n) is 8.52. The van der Waals surface area contributed by atoms with Gasteiger partial charge in [0.1, 0.15) is 5.01 Å². The molecule has 1 saturated heterocycles. The maximum absolute atomic E-state index is 4.71. The van der Waals surface area contributed by atoms with Gasteiger partial charge in [0, 0.05) is 35.2 Å². The molecule has 3 rings (SSSR count). The van der Waals surface area contributed by atoms with Crippen molar-refractivity contribution in [3.63, 3.8) is 0 Å². The normalized spacial score (nSPS) is 24.7. The Kier molecular flexibility index (Phi) is 4.40. The van der Waals surface area contributed by atoms with Crippen LogP contribution in [0.15, 0.2) is 5.38 Å². The summed E-state index contributed by atoms with van der Waals surface area (Å²) in [5.41, 5.74) is 1.87. The second-order valence-corrected chi connectivity index (χ2v) is 7.95. The Bertz CT molecular complexity index is 472. The fourth-order valence-corrected chi connectivity index (χ4v) is 5.04. The second kappa shape index (κ2) is 5.98. The van der Waals surface area contributed by atoms with E-state index in [1.165, 1.54) is 55.8 Å². The summed E-state index contributed by atoms with van der Waals surface area (Å²) in [7, 11) is 0. The number of hydrogen-bond donors (Lipinski definition) is 1. The van der Waals surface area contributed by atoms with Crippen molar-refractivity contribution in [2.45, 2.75) is 76.9 Å². The van der Waals surface area contributed by atoms with E-state index in [2.05, 4.69) is 36.4 Å². The van der Waals surface area contributed by atoms with Gasteiger partial charge in [-0.25, -0.2) is 4.98 Å². The molecule has 1 aliphatic heterocycles. The molecular formula is C17H29N3S. The second-order valence-electron chi connectivity index (χ2n) is 7.01. The third-order valence-electron chi connectivity index (χ3n) is 5.83. The summed E-state index contributed by atoms with van der Waals surface area (Å²) < 4.78 is 0. The van der Waals surface area contributed by atoms with Crippen molar-refractivity contribution in [2.24, 2.45) is 0 Å². The van der Waals surface area contributed by atoms with Gasteiger partial charge < -0.3 is 5.32 Å². The number of nitrogens with zero attached hydrogens (tertiary/aromatic N) is 2. The molecular weight excluding hydrogens is 278 g/mol. The maximum atomic E-state index is 4.71. The van der Waals surface area contributed by atoms with Crippen molar-refractivity contribution < 1.29 is 0 Å². The lowest BCUT2D eigenvalue weighted by Gasteiger charge is -2.53. The molecule has 0 amide bonds. The van der Waals surface area contributed by atoms with Crippen molar-refractivity contribution in [3.05, 3.63) is 16.1 Å². The van der Waals surface area contributed by atoms with Gasteiger partial charge in [0.05, 0.1) is 6.54 Å². The molecule has 2 fully saturated rings. The van der Waals surface area contributed by atoms with E-state index in [0.29, 0.717) is 11.1 Å². The third-order valence-corrected chi connectivity index (χ3v) is 6.78. The van der Waals surface area contributed by atoms with E-state index in [0.717, 1.165) is 13.1 Å². The van der Waals surface area contributed by atoms with Gasteiger partial charge in [0.25, 0.3) is 0 Å². The zero-order valence-electron chi connectivity index (χ0n) is 13.7. The Labute approximate surface area is 133 Å². The van der Waals surface area contributed by atoms with Crippen LogP contribution in [0.4, 0.5) is 0 Å². The molecule has 0 unspecified atom stereocenters. The number of aromatic nitrogens is 1. The molecule has 2 aliphatic rings. The van der Waals surface area contributed by atoms with E-state index in [9.17, 15) is 0 Å². The lowest BCUT2D eigenvalue weighted by atomic mass is 9.82. The van der Waals surface area contributed by atoms with Crippen LogP contribution in [-0.2, 0) is 6.54 Å². The number of rotatable bonds is 4. The number of nitrogens with one attached hydrogen (secondary N) is 1. The van der Waals surface area contributed by atoms with Gasteiger partial charge in [-0.1, -0.05) is 26.7 Å². The minimum atomic E-state index is 0.313. The molecule has 1 N–H and O–H groups in total. The van der Waals surface area contributed by atoms with Crippen LogP contribution in [-0.4, -0.2) is 34.1 Å². The highest BCUT2D eigenvalue weighted by Crippen LogP contribution is 2.39.